The first kappa shape index (κ1) is 14.2. The molecule has 2 rings (SSSR count). The zero-order chi connectivity index (χ0) is 13.0. The van der Waals surface area contributed by atoms with E-state index in [4.69, 9.17) is 5.84 Å². The molecular weight excluding hydrogens is 376 g/mol. The Kier molecular flexibility index (Phi) is 5.38. The van der Waals surface area contributed by atoms with Crippen LogP contribution in [0.3, 0.4) is 0 Å². The zero-order valence-electron chi connectivity index (χ0n) is 9.70. The van der Waals surface area contributed by atoms with Crippen LogP contribution in [0.2, 0.25) is 0 Å². The molecule has 1 aromatic carbocycles. The van der Waals surface area contributed by atoms with E-state index in [0.29, 0.717) is 0 Å². The van der Waals surface area contributed by atoms with Gasteiger partial charge in [0.2, 0.25) is 0 Å². The molecule has 0 saturated heterocycles. The molecule has 0 amide bonds. The Hall–Kier alpha value is -0.200. The lowest BCUT2D eigenvalue weighted by atomic mass is 10.0. The average Bonchev–Trinajstić information content (AvgIpc) is 2.81. The summed E-state index contributed by atoms with van der Waals surface area (Å²) in [4.78, 5) is 0. The van der Waals surface area contributed by atoms with Gasteiger partial charge in [0.05, 0.1) is 0 Å². The number of aryl methyl sites for hydroxylation is 1. The number of halogens is 2. The number of hydrogen-bond acceptors (Lipinski definition) is 3. The molecule has 96 valence electrons. The minimum atomic E-state index is 0.165. The molecular formula is C13H14Br2N2S. The summed E-state index contributed by atoms with van der Waals surface area (Å²) < 4.78 is 2.12. The summed E-state index contributed by atoms with van der Waals surface area (Å²) in [7, 11) is 0. The van der Waals surface area contributed by atoms with E-state index < -0.39 is 0 Å². The number of nitrogens with one attached hydrogen (secondary N) is 1. The molecule has 5 heteroatoms. The molecule has 0 radical (unpaired) electrons. The van der Waals surface area contributed by atoms with Crippen molar-refractivity contribution < 1.29 is 0 Å². The van der Waals surface area contributed by atoms with Gasteiger partial charge in [-0.05, 0) is 59.0 Å². The van der Waals surface area contributed by atoms with Crippen LogP contribution >= 0.6 is 43.2 Å². The lowest BCUT2D eigenvalue weighted by Crippen LogP contribution is -2.28. The molecule has 1 unspecified atom stereocenters. The molecule has 0 aliphatic heterocycles. The first-order valence-electron chi connectivity index (χ1n) is 5.62. The minimum absolute atomic E-state index is 0.165. The van der Waals surface area contributed by atoms with E-state index in [-0.39, 0.29) is 6.04 Å². The first-order chi connectivity index (χ1) is 8.69. The summed E-state index contributed by atoms with van der Waals surface area (Å²) in [6, 6.07) is 8.55. The van der Waals surface area contributed by atoms with Crippen molar-refractivity contribution in [3.05, 3.63) is 55.1 Å². The van der Waals surface area contributed by atoms with E-state index in [0.717, 1.165) is 21.8 Å². The van der Waals surface area contributed by atoms with Crippen LogP contribution in [0, 0.1) is 0 Å². The van der Waals surface area contributed by atoms with E-state index in [1.54, 1.807) is 11.3 Å². The normalized spacial score (nSPS) is 12.6. The van der Waals surface area contributed by atoms with E-state index in [1.807, 2.05) is 6.07 Å². The molecule has 0 bridgehead atoms. The molecule has 1 heterocycles. The van der Waals surface area contributed by atoms with Crippen LogP contribution in [0.4, 0.5) is 0 Å². The van der Waals surface area contributed by atoms with Crippen molar-refractivity contribution in [2.75, 3.05) is 0 Å². The summed E-state index contributed by atoms with van der Waals surface area (Å²) >= 11 is 8.74. The fourth-order valence-electron chi connectivity index (χ4n) is 1.87. The van der Waals surface area contributed by atoms with Gasteiger partial charge in [0, 0.05) is 15.0 Å². The quantitative estimate of drug-likeness (QED) is 0.587. The lowest BCUT2D eigenvalue weighted by Gasteiger charge is -2.16. The van der Waals surface area contributed by atoms with Crippen molar-refractivity contribution in [1.29, 1.82) is 0 Å². The van der Waals surface area contributed by atoms with Crippen molar-refractivity contribution in [1.82, 2.24) is 5.43 Å². The largest absolute Gasteiger partial charge is 0.271 e. The van der Waals surface area contributed by atoms with E-state index in [2.05, 4.69) is 66.2 Å². The number of rotatable bonds is 5. The van der Waals surface area contributed by atoms with Gasteiger partial charge in [0.1, 0.15) is 0 Å². The highest BCUT2D eigenvalue weighted by atomic mass is 79.9. The van der Waals surface area contributed by atoms with Gasteiger partial charge in [-0.15, -0.1) is 0 Å². The molecule has 0 spiro atoms. The number of nitrogens with two attached hydrogens (primary N) is 1. The Bertz CT molecular complexity index is 479. The summed E-state index contributed by atoms with van der Waals surface area (Å²) in [5.74, 6) is 5.67. The van der Waals surface area contributed by atoms with Gasteiger partial charge in [-0.3, -0.25) is 11.3 Å². The second-order valence-corrected chi connectivity index (χ2v) is 6.70. The third kappa shape index (κ3) is 3.90. The smallest absolute Gasteiger partial charge is 0.0463 e. The lowest BCUT2D eigenvalue weighted by molar-refractivity contribution is 0.516. The predicted molar refractivity (Wildman–Crippen MR) is 84.5 cm³/mol. The Morgan fingerprint density at radius 3 is 2.50 bits per heavy atom. The highest BCUT2D eigenvalue weighted by Crippen LogP contribution is 2.26. The van der Waals surface area contributed by atoms with Crippen molar-refractivity contribution in [3.8, 4) is 0 Å². The molecule has 2 nitrogen and oxygen atoms in total. The molecule has 0 saturated carbocycles. The van der Waals surface area contributed by atoms with Crippen molar-refractivity contribution in [2.45, 2.75) is 18.9 Å². The van der Waals surface area contributed by atoms with Crippen LogP contribution in [0.1, 0.15) is 23.6 Å². The zero-order valence-corrected chi connectivity index (χ0v) is 13.7. The highest BCUT2D eigenvalue weighted by molar-refractivity contribution is 9.11. The second kappa shape index (κ2) is 6.82. The topological polar surface area (TPSA) is 38.0 Å². The fraction of sp³-hybridized carbons (Fsp3) is 0.231. The Morgan fingerprint density at radius 2 is 1.94 bits per heavy atom. The molecule has 2 aromatic rings. The third-order valence-corrected chi connectivity index (χ3v) is 4.44. The standard InChI is InChI=1S/C13H14Br2N2S/c14-11-5-10(6-12(15)7-11)13(17-16)2-1-9-3-4-18-8-9/h3-8,13,17H,1-2,16H2. The van der Waals surface area contributed by atoms with Crippen LogP contribution in [0.5, 0.6) is 0 Å². The number of thiophene rings is 1. The van der Waals surface area contributed by atoms with Crippen LogP contribution in [-0.2, 0) is 6.42 Å². The third-order valence-electron chi connectivity index (χ3n) is 2.79. The van der Waals surface area contributed by atoms with Gasteiger partial charge < -0.3 is 0 Å². The maximum atomic E-state index is 5.67. The van der Waals surface area contributed by atoms with Crippen LogP contribution in [-0.4, -0.2) is 0 Å². The average molecular weight is 390 g/mol. The fourth-order valence-corrected chi connectivity index (χ4v) is 3.90. The Balaban J connectivity index is 2.07. The van der Waals surface area contributed by atoms with Gasteiger partial charge in [-0.1, -0.05) is 31.9 Å². The van der Waals surface area contributed by atoms with Gasteiger partial charge in [0.15, 0.2) is 0 Å². The summed E-state index contributed by atoms with van der Waals surface area (Å²) in [5, 5.41) is 4.29. The number of hydrogen-bond donors (Lipinski definition) is 2. The maximum Gasteiger partial charge on any atom is 0.0463 e. The number of benzene rings is 1. The van der Waals surface area contributed by atoms with Crippen molar-refractivity contribution >= 4 is 43.2 Å². The van der Waals surface area contributed by atoms with Crippen LogP contribution in [0.25, 0.3) is 0 Å². The van der Waals surface area contributed by atoms with E-state index in [9.17, 15) is 0 Å². The second-order valence-electron chi connectivity index (χ2n) is 4.09. The van der Waals surface area contributed by atoms with Crippen LogP contribution in [0.15, 0.2) is 44.0 Å². The molecule has 18 heavy (non-hydrogen) atoms. The highest BCUT2D eigenvalue weighted by Gasteiger charge is 2.11. The SMILES string of the molecule is NNC(CCc1ccsc1)c1cc(Br)cc(Br)c1. The number of hydrazine groups is 1. The summed E-state index contributed by atoms with van der Waals surface area (Å²) in [6.45, 7) is 0. The van der Waals surface area contributed by atoms with E-state index in [1.165, 1.54) is 11.1 Å². The summed E-state index contributed by atoms with van der Waals surface area (Å²) in [5.41, 5.74) is 5.46. The molecule has 1 aromatic heterocycles. The first-order valence-corrected chi connectivity index (χ1v) is 8.15. The summed E-state index contributed by atoms with van der Waals surface area (Å²) in [6.07, 6.45) is 2.01. The van der Waals surface area contributed by atoms with Crippen LogP contribution < -0.4 is 11.3 Å². The molecule has 0 aliphatic rings. The Morgan fingerprint density at radius 1 is 1.22 bits per heavy atom. The Labute approximate surface area is 128 Å². The van der Waals surface area contributed by atoms with E-state index >= 15 is 0 Å². The van der Waals surface area contributed by atoms with Crippen molar-refractivity contribution in [3.63, 3.8) is 0 Å². The maximum absolute atomic E-state index is 5.67. The van der Waals surface area contributed by atoms with Gasteiger partial charge in [-0.2, -0.15) is 11.3 Å². The minimum Gasteiger partial charge on any atom is -0.271 e. The van der Waals surface area contributed by atoms with Crippen molar-refractivity contribution in [2.24, 2.45) is 5.84 Å². The molecule has 3 N–H and O–H groups in total. The monoisotopic (exact) mass is 388 g/mol. The molecule has 1 atom stereocenters. The molecule has 0 aliphatic carbocycles. The van der Waals surface area contributed by atoms with Gasteiger partial charge in [-0.25, -0.2) is 0 Å². The predicted octanol–water partition coefficient (Wildman–Crippen LogP) is 4.41. The van der Waals surface area contributed by atoms with Gasteiger partial charge in [0.25, 0.3) is 0 Å². The molecule has 0 fully saturated rings. The van der Waals surface area contributed by atoms with Gasteiger partial charge >= 0.3 is 0 Å².